The Labute approximate surface area is 185 Å². The summed E-state index contributed by atoms with van der Waals surface area (Å²) >= 11 is 0. The zero-order valence-corrected chi connectivity index (χ0v) is 17.8. The number of para-hydroxylation sites is 2. The predicted molar refractivity (Wildman–Crippen MR) is 131 cm³/mol. The van der Waals surface area contributed by atoms with Gasteiger partial charge in [0.05, 0.1) is 23.5 Å². The Hall–Kier alpha value is -3.89. The normalized spacial score (nSPS) is 11.7. The third-order valence-electron chi connectivity index (χ3n) is 6.23. The molecule has 3 aromatic carbocycles. The molecule has 3 heterocycles. The van der Waals surface area contributed by atoms with E-state index in [4.69, 9.17) is 4.98 Å². The van der Waals surface area contributed by atoms with Crippen molar-refractivity contribution >= 4 is 32.7 Å². The monoisotopic (exact) mass is 417 g/mol. The van der Waals surface area contributed by atoms with E-state index in [1.165, 1.54) is 22.0 Å². The van der Waals surface area contributed by atoms with Crippen molar-refractivity contribution in [3.8, 4) is 11.3 Å². The van der Waals surface area contributed by atoms with E-state index >= 15 is 0 Å². The highest BCUT2D eigenvalue weighted by molar-refractivity contribution is 6.14. The Bertz CT molecular complexity index is 1610. The van der Waals surface area contributed by atoms with Crippen molar-refractivity contribution in [3.63, 3.8) is 0 Å². The van der Waals surface area contributed by atoms with Crippen LogP contribution < -0.4 is 0 Å². The van der Waals surface area contributed by atoms with Gasteiger partial charge in [0.2, 0.25) is 0 Å². The van der Waals surface area contributed by atoms with Gasteiger partial charge in [-0.2, -0.15) is 0 Å². The molecule has 6 aromatic rings. The van der Waals surface area contributed by atoms with Crippen LogP contribution in [-0.2, 0) is 13.2 Å². The summed E-state index contributed by atoms with van der Waals surface area (Å²) in [4.78, 5) is 8.32. The van der Waals surface area contributed by atoms with E-state index in [-0.39, 0.29) is 6.61 Å². The fourth-order valence-electron chi connectivity index (χ4n) is 4.82. The van der Waals surface area contributed by atoms with Crippen molar-refractivity contribution in [1.82, 2.24) is 14.5 Å². The van der Waals surface area contributed by atoms with Crippen molar-refractivity contribution < 1.29 is 5.11 Å². The van der Waals surface area contributed by atoms with Crippen LogP contribution in [0.5, 0.6) is 0 Å². The van der Waals surface area contributed by atoms with Gasteiger partial charge in [-0.3, -0.25) is 0 Å². The van der Waals surface area contributed by atoms with Gasteiger partial charge < -0.3 is 14.7 Å². The van der Waals surface area contributed by atoms with Gasteiger partial charge in [-0.25, -0.2) is 4.98 Å². The molecule has 0 amide bonds. The number of H-pyrrole nitrogens is 1. The second-order valence-corrected chi connectivity index (χ2v) is 8.36. The Morgan fingerprint density at radius 3 is 2.53 bits per heavy atom. The third-order valence-corrected chi connectivity index (χ3v) is 6.23. The maximum absolute atomic E-state index is 10.00. The van der Waals surface area contributed by atoms with E-state index in [1.54, 1.807) is 0 Å². The third kappa shape index (κ3) is 2.92. The molecule has 2 N–H and O–H groups in total. The first kappa shape index (κ1) is 18.8. The highest BCUT2D eigenvalue weighted by Gasteiger charge is 2.20. The molecule has 6 rings (SSSR count). The standard InChI is InChI=1S/C28H23N3O/c1-18-7-6-8-19(13-18)16-31-26-12-5-3-10-22(26)23-14-20(17-32)30-27(28(23)31)24-15-29-25-11-4-2-9-21(24)25/h2-15,29,32H,16-17H2,1H3. The number of nitrogens with one attached hydrogen (secondary N) is 1. The van der Waals surface area contributed by atoms with Crippen LogP contribution in [0.4, 0.5) is 0 Å². The molecule has 0 saturated heterocycles. The number of hydrogen-bond acceptors (Lipinski definition) is 2. The number of aromatic amines is 1. The van der Waals surface area contributed by atoms with Gasteiger partial charge in [-0.05, 0) is 30.7 Å². The molecule has 0 aliphatic heterocycles. The molecule has 32 heavy (non-hydrogen) atoms. The number of hydrogen-bond donors (Lipinski definition) is 2. The van der Waals surface area contributed by atoms with E-state index in [1.807, 2.05) is 18.3 Å². The van der Waals surface area contributed by atoms with E-state index in [2.05, 4.69) is 83.2 Å². The topological polar surface area (TPSA) is 53.8 Å². The Balaban J connectivity index is 1.72. The Morgan fingerprint density at radius 1 is 0.875 bits per heavy atom. The van der Waals surface area contributed by atoms with Gasteiger partial charge >= 0.3 is 0 Å². The fraction of sp³-hybridized carbons (Fsp3) is 0.107. The maximum atomic E-state index is 10.00. The van der Waals surface area contributed by atoms with Crippen molar-refractivity contribution in [3.05, 3.63) is 102 Å². The van der Waals surface area contributed by atoms with Crippen LogP contribution in [-0.4, -0.2) is 19.6 Å². The minimum absolute atomic E-state index is 0.0946. The summed E-state index contributed by atoms with van der Waals surface area (Å²) in [5, 5.41) is 13.4. The van der Waals surface area contributed by atoms with Gasteiger partial charge in [-0.1, -0.05) is 66.2 Å². The molecule has 3 aromatic heterocycles. The molecule has 156 valence electrons. The van der Waals surface area contributed by atoms with E-state index in [9.17, 15) is 5.11 Å². The number of rotatable bonds is 4. The molecular weight excluding hydrogens is 394 g/mol. The summed E-state index contributed by atoms with van der Waals surface area (Å²) in [5.74, 6) is 0. The summed E-state index contributed by atoms with van der Waals surface area (Å²) < 4.78 is 2.37. The van der Waals surface area contributed by atoms with Crippen LogP contribution in [0.3, 0.4) is 0 Å². The highest BCUT2D eigenvalue weighted by atomic mass is 16.3. The smallest absolute Gasteiger partial charge is 0.0971 e. The minimum Gasteiger partial charge on any atom is -0.390 e. The van der Waals surface area contributed by atoms with Crippen LogP contribution in [0.2, 0.25) is 0 Å². The number of aromatic nitrogens is 3. The molecule has 0 unspecified atom stereocenters. The van der Waals surface area contributed by atoms with Gasteiger partial charge in [0.25, 0.3) is 0 Å². The molecule has 0 fully saturated rings. The summed E-state index contributed by atoms with van der Waals surface area (Å²) in [6.45, 7) is 2.78. The van der Waals surface area contributed by atoms with E-state index < -0.39 is 0 Å². The second-order valence-electron chi connectivity index (χ2n) is 8.36. The predicted octanol–water partition coefficient (Wildman–Crippen LogP) is 6.19. The number of fused-ring (bicyclic) bond motifs is 4. The van der Waals surface area contributed by atoms with Gasteiger partial charge in [0.1, 0.15) is 0 Å². The quantitative estimate of drug-likeness (QED) is 0.359. The average molecular weight is 418 g/mol. The molecule has 4 heteroatoms. The number of aliphatic hydroxyl groups excluding tert-OH is 1. The SMILES string of the molecule is Cc1cccc(Cn2c3ccccc3c3cc(CO)nc(-c4c[nH]c5ccccc45)c32)c1. The summed E-state index contributed by atoms with van der Waals surface area (Å²) in [6, 6.07) is 27.4. The lowest BCUT2D eigenvalue weighted by Crippen LogP contribution is -2.02. The molecule has 0 atom stereocenters. The van der Waals surface area contributed by atoms with Crippen molar-refractivity contribution in [2.75, 3.05) is 0 Å². The fourth-order valence-corrected chi connectivity index (χ4v) is 4.82. The maximum Gasteiger partial charge on any atom is 0.0971 e. The lowest BCUT2D eigenvalue weighted by molar-refractivity contribution is 0.277. The Kier molecular flexibility index (Phi) is 4.33. The molecule has 4 nitrogen and oxygen atoms in total. The number of pyridine rings is 1. The van der Waals surface area contributed by atoms with Gasteiger partial charge in [0, 0.05) is 45.5 Å². The van der Waals surface area contributed by atoms with Gasteiger partial charge in [-0.15, -0.1) is 0 Å². The lowest BCUT2D eigenvalue weighted by Gasteiger charge is -2.12. The first-order valence-corrected chi connectivity index (χ1v) is 10.9. The zero-order chi connectivity index (χ0) is 21.7. The molecular formula is C28H23N3O. The minimum atomic E-state index is -0.0946. The van der Waals surface area contributed by atoms with Gasteiger partial charge in [0.15, 0.2) is 0 Å². The molecule has 0 aliphatic rings. The van der Waals surface area contributed by atoms with Crippen LogP contribution in [0, 0.1) is 6.92 Å². The highest BCUT2D eigenvalue weighted by Crippen LogP contribution is 2.38. The zero-order valence-electron chi connectivity index (χ0n) is 17.8. The average Bonchev–Trinajstić information content (AvgIpc) is 3.39. The van der Waals surface area contributed by atoms with Crippen LogP contribution >= 0.6 is 0 Å². The van der Waals surface area contributed by atoms with Crippen LogP contribution in [0.15, 0.2) is 85.1 Å². The number of aliphatic hydroxyl groups is 1. The summed E-state index contributed by atoms with van der Waals surface area (Å²) in [5.41, 5.74) is 8.47. The molecule has 0 radical (unpaired) electrons. The number of aryl methyl sites for hydroxylation is 1. The van der Waals surface area contributed by atoms with E-state index in [0.29, 0.717) is 5.69 Å². The molecule has 0 aliphatic carbocycles. The first-order chi connectivity index (χ1) is 15.7. The first-order valence-electron chi connectivity index (χ1n) is 10.9. The Morgan fingerprint density at radius 2 is 1.69 bits per heavy atom. The van der Waals surface area contributed by atoms with Crippen LogP contribution in [0.25, 0.3) is 44.0 Å². The molecule has 0 saturated carbocycles. The van der Waals surface area contributed by atoms with Crippen molar-refractivity contribution in [2.45, 2.75) is 20.1 Å². The lowest BCUT2D eigenvalue weighted by atomic mass is 10.1. The number of nitrogens with zero attached hydrogens (tertiary/aromatic N) is 2. The van der Waals surface area contributed by atoms with Crippen LogP contribution in [0.1, 0.15) is 16.8 Å². The molecule has 0 bridgehead atoms. The largest absolute Gasteiger partial charge is 0.390 e. The summed E-state index contributed by atoms with van der Waals surface area (Å²) in [6.07, 6.45) is 2.03. The van der Waals surface area contributed by atoms with E-state index in [0.717, 1.165) is 39.6 Å². The number of benzene rings is 3. The van der Waals surface area contributed by atoms with Crippen molar-refractivity contribution in [1.29, 1.82) is 0 Å². The second kappa shape index (κ2) is 7.36. The van der Waals surface area contributed by atoms with Crippen molar-refractivity contribution in [2.24, 2.45) is 0 Å². The summed E-state index contributed by atoms with van der Waals surface area (Å²) in [7, 11) is 0. The molecule has 0 spiro atoms.